The maximum atomic E-state index is 6.70. The van der Waals surface area contributed by atoms with Crippen LogP contribution in [-0.4, -0.2) is 0 Å². The van der Waals surface area contributed by atoms with Gasteiger partial charge in [0.05, 0.1) is 22.7 Å². The highest BCUT2D eigenvalue weighted by molar-refractivity contribution is 6.28. The molecule has 270 valence electrons. The van der Waals surface area contributed by atoms with Crippen LogP contribution in [0.2, 0.25) is 0 Å². The molecule has 0 fully saturated rings. The molecule has 0 saturated heterocycles. The smallest absolute Gasteiger partial charge is 0.159 e. The highest BCUT2D eigenvalue weighted by Crippen LogP contribution is 2.50. The molecule has 57 heavy (non-hydrogen) atoms. The van der Waals surface area contributed by atoms with Crippen LogP contribution in [0.3, 0.4) is 0 Å². The Hall–Kier alpha value is -7.30. The Labute approximate surface area is 329 Å². The normalized spacial score (nSPS) is 14.5. The van der Waals surface area contributed by atoms with Crippen molar-refractivity contribution in [3.8, 4) is 0 Å². The van der Waals surface area contributed by atoms with E-state index in [2.05, 4.69) is 187 Å². The lowest BCUT2D eigenvalue weighted by molar-refractivity contribution is 0.665. The number of hydrogen-bond donors (Lipinski definition) is 0. The van der Waals surface area contributed by atoms with Crippen LogP contribution in [-0.2, 0) is 0 Å². The number of furan rings is 2. The van der Waals surface area contributed by atoms with E-state index in [9.17, 15) is 0 Å². The van der Waals surface area contributed by atoms with Crippen molar-refractivity contribution in [3.05, 3.63) is 188 Å². The third-order valence-corrected chi connectivity index (χ3v) is 11.9. The summed E-state index contributed by atoms with van der Waals surface area (Å²) in [7, 11) is 0. The Bertz CT molecular complexity index is 3420. The van der Waals surface area contributed by atoms with Gasteiger partial charge in [0, 0.05) is 43.7 Å². The van der Waals surface area contributed by atoms with Crippen LogP contribution >= 0.6 is 0 Å². The third kappa shape index (κ3) is 4.80. The van der Waals surface area contributed by atoms with E-state index in [4.69, 9.17) is 8.83 Å². The molecule has 9 aromatic carbocycles. The molecule has 11 aromatic rings. The van der Waals surface area contributed by atoms with E-state index in [0.717, 1.165) is 78.7 Å². The number of hydrogen-bond acceptors (Lipinski definition) is 4. The summed E-state index contributed by atoms with van der Waals surface area (Å²) in [6.07, 6.45) is 7.68. The van der Waals surface area contributed by atoms with Gasteiger partial charge in [0.25, 0.3) is 0 Å². The molecular weight excluding hydrogens is 697 g/mol. The molecule has 0 aliphatic heterocycles. The molecule has 1 aliphatic carbocycles. The SMILES string of the molecule is CC1C=CC=C(N(c2ccc3ccc4c(N(c5ccccc5)c5cccc6c5oc5ccccc56)ccc5ccc2c3c54)c2cccc3c2oc2ccccc23)C1. The Balaban J connectivity index is 1.13. The van der Waals surface area contributed by atoms with Gasteiger partial charge < -0.3 is 18.6 Å². The lowest BCUT2D eigenvalue weighted by atomic mass is 9.91. The second-order valence-corrected chi connectivity index (χ2v) is 15.3. The van der Waals surface area contributed by atoms with Gasteiger partial charge in [0.1, 0.15) is 11.2 Å². The van der Waals surface area contributed by atoms with Crippen LogP contribution in [0.5, 0.6) is 0 Å². The minimum Gasteiger partial charge on any atom is -0.454 e. The Morgan fingerprint density at radius 2 is 0.947 bits per heavy atom. The first-order valence-electron chi connectivity index (χ1n) is 19.7. The predicted molar refractivity (Wildman–Crippen MR) is 239 cm³/mol. The van der Waals surface area contributed by atoms with Crippen LogP contribution < -0.4 is 9.80 Å². The van der Waals surface area contributed by atoms with E-state index in [0.29, 0.717) is 5.92 Å². The average Bonchev–Trinajstić information content (AvgIpc) is 3.84. The summed E-state index contributed by atoms with van der Waals surface area (Å²) in [6.45, 7) is 2.29. The van der Waals surface area contributed by atoms with Crippen molar-refractivity contribution < 1.29 is 8.83 Å². The summed E-state index contributed by atoms with van der Waals surface area (Å²) in [4.78, 5) is 4.82. The summed E-state index contributed by atoms with van der Waals surface area (Å²) < 4.78 is 13.4. The summed E-state index contributed by atoms with van der Waals surface area (Å²) in [5.41, 5.74) is 10.1. The molecule has 0 amide bonds. The molecular formula is C53H36N2O2. The van der Waals surface area contributed by atoms with Gasteiger partial charge in [-0.1, -0.05) is 134 Å². The molecule has 0 radical (unpaired) electrons. The fourth-order valence-corrected chi connectivity index (χ4v) is 9.39. The number of para-hydroxylation sites is 5. The number of rotatable bonds is 6. The third-order valence-electron chi connectivity index (χ3n) is 11.9. The van der Waals surface area contributed by atoms with Gasteiger partial charge >= 0.3 is 0 Å². The number of nitrogens with zero attached hydrogens (tertiary/aromatic N) is 2. The van der Waals surface area contributed by atoms with Crippen LogP contribution in [0.15, 0.2) is 197 Å². The zero-order valence-electron chi connectivity index (χ0n) is 31.3. The maximum absolute atomic E-state index is 6.70. The fourth-order valence-electron chi connectivity index (χ4n) is 9.39. The molecule has 1 aliphatic rings. The van der Waals surface area contributed by atoms with Crippen molar-refractivity contribution in [2.75, 3.05) is 9.80 Å². The highest BCUT2D eigenvalue weighted by atomic mass is 16.3. The molecule has 12 rings (SSSR count). The molecule has 0 N–H and O–H groups in total. The number of anilines is 5. The summed E-state index contributed by atoms with van der Waals surface area (Å²) in [5.74, 6) is 0.407. The van der Waals surface area contributed by atoms with E-state index in [1.807, 2.05) is 12.1 Å². The Morgan fingerprint density at radius 1 is 0.439 bits per heavy atom. The van der Waals surface area contributed by atoms with Crippen molar-refractivity contribution in [3.63, 3.8) is 0 Å². The van der Waals surface area contributed by atoms with Crippen molar-refractivity contribution >= 4 is 105 Å². The van der Waals surface area contributed by atoms with Crippen LogP contribution in [0.25, 0.3) is 76.2 Å². The molecule has 0 spiro atoms. The zero-order chi connectivity index (χ0) is 37.6. The van der Waals surface area contributed by atoms with Gasteiger partial charge in [-0.05, 0) is 88.5 Å². The summed E-state index contributed by atoms with van der Waals surface area (Å²) in [5, 5.41) is 11.8. The molecule has 0 saturated carbocycles. The van der Waals surface area contributed by atoms with E-state index in [1.165, 1.54) is 38.0 Å². The quantitative estimate of drug-likeness (QED) is 0.159. The molecule has 2 heterocycles. The van der Waals surface area contributed by atoms with E-state index in [-0.39, 0.29) is 0 Å². The van der Waals surface area contributed by atoms with Crippen molar-refractivity contribution in [1.82, 2.24) is 0 Å². The van der Waals surface area contributed by atoms with Crippen LogP contribution in [0.1, 0.15) is 13.3 Å². The second-order valence-electron chi connectivity index (χ2n) is 15.3. The standard InChI is InChI=1S/C53H36N2O2/c1-33-12-9-15-37(32-33)55(47-21-11-19-41-39-17-6-8-23-49(39)57-53(41)47)45-31-27-35-24-28-42-44(30-26-34-25-29-43(45)51(35)50(34)42)54(36-13-3-2-4-14-36)46-20-10-18-40-38-16-5-7-22-48(38)56-52(40)46/h2-31,33H,32H2,1H3. The van der Waals surface area contributed by atoms with E-state index >= 15 is 0 Å². The maximum Gasteiger partial charge on any atom is 0.159 e. The van der Waals surface area contributed by atoms with Crippen LogP contribution in [0.4, 0.5) is 28.4 Å². The Morgan fingerprint density at radius 3 is 1.54 bits per heavy atom. The fraction of sp³-hybridized carbons (Fsp3) is 0.0566. The molecule has 0 bridgehead atoms. The first kappa shape index (κ1) is 32.0. The lowest BCUT2D eigenvalue weighted by Gasteiger charge is -2.32. The van der Waals surface area contributed by atoms with Crippen LogP contribution in [0, 0.1) is 5.92 Å². The predicted octanol–water partition coefficient (Wildman–Crippen LogP) is 15.5. The monoisotopic (exact) mass is 732 g/mol. The van der Waals surface area contributed by atoms with Crippen molar-refractivity contribution in [2.24, 2.45) is 5.92 Å². The summed E-state index contributed by atoms with van der Waals surface area (Å²) >= 11 is 0. The molecule has 4 heteroatoms. The van der Waals surface area contributed by atoms with Crippen molar-refractivity contribution in [1.29, 1.82) is 0 Å². The molecule has 1 atom stereocenters. The molecule has 4 nitrogen and oxygen atoms in total. The minimum absolute atomic E-state index is 0.407. The minimum atomic E-state index is 0.407. The second kappa shape index (κ2) is 12.4. The van der Waals surface area contributed by atoms with E-state index < -0.39 is 0 Å². The topological polar surface area (TPSA) is 32.8 Å². The number of fused-ring (bicyclic) bond motifs is 6. The molecule has 2 aromatic heterocycles. The van der Waals surface area contributed by atoms with Gasteiger partial charge in [0.2, 0.25) is 0 Å². The van der Waals surface area contributed by atoms with Gasteiger partial charge in [-0.15, -0.1) is 0 Å². The van der Waals surface area contributed by atoms with Crippen molar-refractivity contribution in [2.45, 2.75) is 13.3 Å². The molecule has 1 unspecified atom stereocenters. The van der Waals surface area contributed by atoms with Gasteiger partial charge in [0.15, 0.2) is 11.2 Å². The summed E-state index contributed by atoms with van der Waals surface area (Å²) in [6, 6.07) is 58.7. The first-order chi connectivity index (χ1) is 28.2. The van der Waals surface area contributed by atoms with Gasteiger partial charge in [-0.25, -0.2) is 0 Å². The largest absolute Gasteiger partial charge is 0.454 e. The average molecular weight is 733 g/mol. The zero-order valence-corrected chi connectivity index (χ0v) is 31.3. The number of benzene rings is 9. The van der Waals surface area contributed by atoms with E-state index in [1.54, 1.807) is 0 Å². The van der Waals surface area contributed by atoms with Gasteiger partial charge in [-0.2, -0.15) is 0 Å². The lowest BCUT2D eigenvalue weighted by Crippen LogP contribution is -2.20. The highest BCUT2D eigenvalue weighted by Gasteiger charge is 2.27. The Kier molecular flexibility index (Phi) is 6.93. The first-order valence-corrected chi connectivity index (χ1v) is 19.7. The van der Waals surface area contributed by atoms with Gasteiger partial charge in [-0.3, -0.25) is 0 Å². The number of allylic oxidation sites excluding steroid dienone is 4.